The van der Waals surface area contributed by atoms with E-state index in [9.17, 15) is 0 Å². The highest BCUT2D eigenvalue weighted by atomic mass is 32.2. The molecule has 46 heavy (non-hydrogen) atoms. The molecule has 2 aromatic rings. The van der Waals surface area contributed by atoms with Gasteiger partial charge in [0.05, 0.1) is 0 Å². The van der Waals surface area contributed by atoms with Crippen LogP contribution >= 0.6 is 11.8 Å². The van der Waals surface area contributed by atoms with E-state index in [2.05, 4.69) is 155 Å². The van der Waals surface area contributed by atoms with Gasteiger partial charge in [-0.15, -0.1) is 0 Å². The van der Waals surface area contributed by atoms with Crippen LogP contribution in [0.4, 0.5) is 0 Å². The number of nitrogens with zero attached hydrogens (tertiary/aromatic N) is 1. The van der Waals surface area contributed by atoms with Crippen molar-refractivity contribution in [3.8, 4) is 0 Å². The average Bonchev–Trinajstić information content (AvgIpc) is 3.50. The van der Waals surface area contributed by atoms with E-state index in [0.717, 1.165) is 29.0 Å². The number of thioether (sulfide) groups is 1. The number of rotatable bonds is 6. The normalized spacial score (nSPS) is 15.9. The predicted octanol–water partition coefficient (Wildman–Crippen LogP) is 12.9. The molecule has 0 bridgehead atoms. The van der Waals surface area contributed by atoms with Crippen molar-refractivity contribution in [3.05, 3.63) is 169 Å². The Morgan fingerprint density at radius 2 is 1.59 bits per heavy atom. The van der Waals surface area contributed by atoms with Crippen molar-refractivity contribution in [2.75, 3.05) is 7.05 Å². The number of hydrogen-bond donors (Lipinski definition) is 1. The molecule has 2 nitrogen and oxygen atoms in total. The van der Waals surface area contributed by atoms with Crippen molar-refractivity contribution in [3.63, 3.8) is 0 Å². The van der Waals surface area contributed by atoms with Crippen LogP contribution in [0.5, 0.6) is 0 Å². The van der Waals surface area contributed by atoms with Crippen LogP contribution < -0.4 is 0 Å². The van der Waals surface area contributed by atoms with Gasteiger partial charge in [0.1, 0.15) is 5.04 Å². The predicted molar refractivity (Wildman–Crippen MR) is 212 cm³/mol. The molecule has 2 aromatic carbocycles. The topological polar surface area (TPSA) is 36.2 Å². The molecule has 1 N–H and O–H groups in total. The first-order valence-corrected chi connectivity index (χ1v) is 16.7. The smallest absolute Gasteiger partial charge is 0.103 e. The summed E-state index contributed by atoms with van der Waals surface area (Å²) in [5, 5.41) is 6.56. The third-order valence-electron chi connectivity index (χ3n) is 6.93. The number of aliphatic imine (C=N–C) groups is 1. The Balaban J connectivity index is 0.000000636. The number of benzene rings is 2. The molecule has 2 aliphatic carbocycles. The lowest BCUT2D eigenvalue weighted by Crippen LogP contribution is -1.99. The summed E-state index contributed by atoms with van der Waals surface area (Å²) in [5.41, 5.74) is 9.88. The average molecular weight is 629 g/mol. The van der Waals surface area contributed by atoms with E-state index >= 15 is 0 Å². The molecule has 0 unspecified atom stereocenters. The summed E-state index contributed by atoms with van der Waals surface area (Å²) in [4.78, 5) is 5.76. The maximum absolute atomic E-state index is 5.50. The molecule has 0 saturated heterocycles. The summed E-state index contributed by atoms with van der Waals surface area (Å²) in [6, 6.07) is 15.1. The Morgan fingerprint density at radius 1 is 0.913 bits per heavy atom. The van der Waals surface area contributed by atoms with Crippen LogP contribution in [0.1, 0.15) is 69.2 Å². The first-order chi connectivity index (χ1) is 22.5. The molecule has 240 valence electrons. The van der Waals surface area contributed by atoms with Gasteiger partial charge in [-0.25, -0.2) is 0 Å². The van der Waals surface area contributed by atoms with E-state index in [-0.39, 0.29) is 0 Å². The van der Waals surface area contributed by atoms with Crippen LogP contribution in [0.3, 0.4) is 0 Å². The molecule has 3 heteroatoms. The second kappa shape index (κ2) is 23.9. The zero-order valence-corrected chi connectivity index (χ0v) is 29.4. The summed E-state index contributed by atoms with van der Waals surface area (Å²) in [7, 11) is 1.86. The van der Waals surface area contributed by atoms with Crippen molar-refractivity contribution in [1.29, 1.82) is 5.41 Å². The summed E-state index contributed by atoms with van der Waals surface area (Å²) in [6.45, 7) is 21.8. The Labute approximate surface area is 284 Å². The van der Waals surface area contributed by atoms with Crippen LogP contribution in [-0.2, 0) is 6.42 Å². The Kier molecular flexibility index (Phi) is 20.5. The van der Waals surface area contributed by atoms with Crippen molar-refractivity contribution >= 4 is 40.7 Å². The fraction of sp³-hybridized carbons (Fsp3) is 0.209. The maximum Gasteiger partial charge on any atom is 0.103 e. The SMILES string of the molecule is C1=CCCC=C1.C=C(/C=C(\C=CC)c1cccc2c1CCC=C2)/C(C)=C/C=C1\C(=NC)Sc2ccccc21.C=CC=C.C=N.CC. The fourth-order valence-corrected chi connectivity index (χ4v) is 5.70. The number of allylic oxidation sites excluding steroid dienone is 15. The zero-order chi connectivity index (χ0) is 34.2. The number of hydrogen-bond acceptors (Lipinski definition) is 3. The van der Waals surface area contributed by atoms with E-state index in [1.54, 1.807) is 23.9 Å². The minimum absolute atomic E-state index is 1.02. The molecule has 1 aliphatic heterocycles. The molecule has 5 rings (SSSR count). The third kappa shape index (κ3) is 12.5. The van der Waals surface area contributed by atoms with Gasteiger partial charge >= 0.3 is 0 Å². The number of fused-ring (bicyclic) bond motifs is 2. The molecule has 0 aromatic heterocycles. The highest BCUT2D eigenvalue weighted by Crippen LogP contribution is 2.41. The van der Waals surface area contributed by atoms with Crippen LogP contribution in [0, 0.1) is 5.41 Å². The van der Waals surface area contributed by atoms with Gasteiger partial charge < -0.3 is 5.41 Å². The highest BCUT2D eigenvalue weighted by molar-refractivity contribution is 8.15. The van der Waals surface area contributed by atoms with E-state index in [0.29, 0.717) is 0 Å². The minimum atomic E-state index is 1.02. The summed E-state index contributed by atoms with van der Waals surface area (Å²) in [5.74, 6) is 0. The largest absolute Gasteiger partial charge is 0.317 e. The summed E-state index contributed by atoms with van der Waals surface area (Å²) < 4.78 is 0. The molecular weight excluding hydrogens is 577 g/mol. The Morgan fingerprint density at radius 3 is 2.17 bits per heavy atom. The molecule has 0 saturated carbocycles. The van der Waals surface area contributed by atoms with Gasteiger partial charge in [-0.1, -0.05) is 155 Å². The highest BCUT2D eigenvalue weighted by Gasteiger charge is 2.22. The number of nitrogens with one attached hydrogen (secondary N) is 1. The van der Waals surface area contributed by atoms with E-state index in [1.807, 2.05) is 20.9 Å². The van der Waals surface area contributed by atoms with Crippen LogP contribution in [0.2, 0.25) is 0 Å². The van der Waals surface area contributed by atoms with Gasteiger partial charge in [-0.05, 0) is 97.4 Å². The molecule has 1 heterocycles. The Hall–Kier alpha value is -4.47. The second-order valence-corrected chi connectivity index (χ2v) is 10.9. The van der Waals surface area contributed by atoms with E-state index in [4.69, 9.17) is 5.41 Å². The van der Waals surface area contributed by atoms with Gasteiger partial charge in [0.15, 0.2) is 0 Å². The van der Waals surface area contributed by atoms with Crippen molar-refractivity contribution < 1.29 is 0 Å². The fourth-order valence-electron chi connectivity index (χ4n) is 4.68. The van der Waals surface area contributed by atoms with Crippen LogP contribution in [0.15, 0.2) is 156 Å². The van der Waals surface area contributed by atoms with Gasteiger partial charge in [0.25, 0.3) is 0 Å². The lowest BCUT2D eigenvalue weighted by molar-refractivity contribution is 0.980. The van der Waals surface area contributed by atoms with Crippen LogP contribution in [0.25, 0.3) is 17.2 Å². The summed E-state index contributed by atoms with van der Waals surface area (Å²) >= 11 is 1.74. The van der Waals surface area contributed by atoms with Crippen molar-refractivity contribution in [2.45, 2.75) is 58.3 Å². The monoisotopic (exact) mass is 628 g/mol. The molecule has 0 amide bonds. The third-order valence-corrected chi connectivity index (χ3v) is 8.10. The first-order valence-electron chi connectivity index (χ1n) is 15.9. The lowest BCUT2D eigenvalue weighted by atomic mass is 9.88. The van der Waals surface area contributed by atoms with Crippen molar-refractivity contribution in [2.24, 2.45) is 4.99 Å². The minimum Gasteiger partial charge on any atom is -0.317 e. The summed E-state index contributed by atoms with van der Waals surface area (Å²) in [6.07, 6.45) is 31.8. The zero-order valence-electron chi connectivity index (χ0n) is 28.6. The molecule has 0 atom stereocenters. The van der Waals surface area contributed by atoms with E-state index in [1.165, 1.54) is 51.1 Å². The van der Waals surface area contributed by atoms with Gasteiger partial charge in [0.2, 0.25) is 0 Å². The van der Waals surface area contributed by atoms with Gasteiger partial charge in [0, 0.05) is 17.5 Å². The van der Waals surface area contributed by atoms with Crippen LogP contribution in [-0.4, -0.2) is 18.8 Å². The standard InChI is InChI=1S/C30H29NS.C6H8.C4H6.C2H6.CH3N/c1-5-11-24(26-16-10-13-23-12-6-7-14-25(23)26)20-22(3)21(2)18-19-28-27-15-8-9-17-29(27)32-30(28)31-4;1-2-4-6-5-3-1;1-3-4-2;2*1-2/h5-6,8-13,15-20H,3,7,14H2,1-2,4H3;1-4H,5-6H2;3-4H,1-2H2;1-2H3;2H,1H2/b11-5?,21-18+,24-20+,28-19-,31-30?;;;;. The maximum atomic E-state index is 5.50. The lowest BCUT2D eigenvalue weighted by Gasteiger charge is -2.17. The van der Waals surface area contributed by atoms with Crippen molar-refractivity contribution in [1.82, 2.24) is 0 Å². The molecule has 0 fully saturated rings. The molecule has 0 spiro atoms. The molecule has 0 radical (unpaired) electrons. The van der Waals surface area contributed by atoms with Gasteiger partial charge in [-0.2, -0.15) is 0 Å². The van der Waals surface area contributed by atoms with E-state index < -0.39 is 0 Å². The quantitative estimate of drug-likeness (QED) is 0.251. The Bertz CT molecular complexity index is 1520. The molecular formula is C43H52N2S. The first kappa shape index (κ1) is 39.6. The second-order valence-electron chi connectivity index (χ2n) is 9.90. The molecule has 3 aliphatic rings. The van der Waals surface area contributed by atoms with Gasteiger partial charge in [-0.3, -0.25) is 4.99 Å².